The van der Waals surface area contributed by atoms with Crippen molar-refractivity contribution in [1.29, 1.82) is 0 Å². The average molecular weight is 256 g/mol. The maximum Gasteiger partial charge on any atom is 0.0791 e. The molecule has 1 saturated heterocycles. The van der Waals surface area contributed by atoms with Gasteiger partial charge in [-0.15, -0.1) is 0 Å². The summed E-state index contributed by atoms with van der Waals surface area (Å²) in [5.41, 5.74) is 0.941. The topological polar surface area (TPSA) is 20.2 Å². The normalized spacial score (nSPS) is 29.2. The fourth-order valence-electron chi connectivity index (χ4n) is 2.19. The van der Waals surface area contributed by atoms with Crippen LogP contribution in [0.4, 0.5) is 0 Å². The quantitative estimate of drug-likeness (QED) is 0.892. The summed E-state index contributed by atoms with van der Waals surface area (Å²) in [6, 6.07) is 2.16. The molecule has 1 aromatic heterocycles. The molecule has 0 radical (unpaired) electrons. The molecule has 1 aliphatic heterocycles. The Bertz CT molecular complexity index is 332. The van der Waals surface area contributed by atoms with Gasteiger partial charge in [-0.2, -0.15) is 23.1 Å². The summed E-state index contributed by atoms with van der Waals surface area (Å²) in [4.78, 5) is 0. The van der Waals surface area contributed by atoms with Gasteiger partial charge < -0.3 is 5.11 Å². The van der Waals surface area contributed by atoms with Crippen molar-refractivity contribution in [2.75, 3.05) is 11.5 Å². The lowest BCUT2D eigenvalue weighted by atomic mass is 9.71. The van der Waals surface area contributed by atoms with Crippen LogP contribution in [0.1, 0.15) is 32.3 Å². The first-order chi connectivity index (χ1) is 7.54. The van der Waals surface area contributed by atoms with Gasteiger partial charge in [-0.25, -0.2) is 0 Å². The molecule has 1 N–H and O–H groups in total. The van der Waals surface area contributed by atoms with Crippen molar-refractivity contribution in [2.24, 2.45) is 5.41 Å². The third kappa shape index (κ3) is 2.47. The first-order valence-corrected chi connectivity index (χ1v) is 7.94. The van der Waals surface area contributed by atoms with Crippen LogP contribution in [0.5, 0.6) is 0 Å². The summed E-state index contributed by atoms with van der Waals surface area (Å²) < 4.78 is 0. The van der Waals surface area contributed by atoms with Crippen LogP contribution >= 0.6 is 23.1 Å². The molecule has 16 heavy (non-hydrogen) atoms. The first-order valence-electron chi connectivity index (χ1n) is 5.85. The number of thioether (sulfide) groups is 1. The monoisotopic (exact) mass is 256 g/mol. The number of thiophene rings is 1. The van der Waals surface area contributed by atoms with Crippen molar-refractivity contribution in [3.05, 3.63) is 22.4 Å². The predicted octanol–water partition coefficient (Wildman–Crippen LogP) is 3.57. The van der Waals surface area contributed by atoms with Crippen LogP contribution in [-0.4, -0.2) is 22.2 Å². The molecule has 1 atom stereocenters. The molecule has 0 aromatic carbocycles. The van der Waals surface area contributed by atoms with Crippen molar-refractivity contribution in [3.63, 3.8) is 0 Å². The summed E-state index contributed by atoms with van der Waals surface area (Å²) >= 11 is 3.63. The van der Waals surface area contributed by atoms with Gasteiger partial charge in [-0.3, -0.25) is 0 Å². The van der Waals surface area contributed by atoms with Crippen LogP contribution in [0.2, 0.25) is 0 Å². The van der Waals surface area contributed by atoms with Gasteiger partial charge in [-0.05, 0) is 52.8 Å². The largest absolute Gasteiger partial charge is 0.388 e. The van der Waals surface area contributed by atoms with Gasteiger partial charge in [0.2, 0.25) is 0 Å². The second-order valence-electron chi connectivity index (χ2n) is 5.35. The van der Waals surface area contributed by atoms with Crippen molar-refractivity contribution in [2.45, 2.75) is 38.7 Å². The SMILES string of the molecule is CC1(C)CCSCC1(O)CCc1ccsc1. The molecular weight excluding hydrogens is 236 g/mol. The smallest absolute Gasteiger partial charge is 0.0791 e. The maximum atomic E-state index is 10.8. The zero-order chi connectivity index (χ0) is 11.6. The van der Waals surface area contributed by atoms with Gasteiger partial charge in [0.05, 0.1) is 5.60 Å². The van der Waals surface area contributed by atoms with E-state index in [2.05, 4.69) is 30.7 Å². The molecule has 1 nitrogen and oxygen atoms in total. The fourth-order valence-corrected chi connectivity index (χ4v) is 4.57. The lowest BCUT2D eigenvalue weighted by molar-refractivity contribution is -0.0579. The van der Waals surface area contributed by atoms with Crippen LogP contribution in [0, 0.1) is 5.41 Å². The number of aliphatic hydroxyl groups is 1. The van der Waals surface area contributed by atoms with E-state index < -0.39 is 5.60 Å². The Balaban J connectivity index is 2.01. The predicted molar refractivity (Wildman–Crippen MR) is 73.3 cm³/mol. The minimum Gasteiger partial charge on any atom is -0.388 e. The molecular formula is C13H20OS2. The van der Waals surface area contributed by atoms with Crippen molar-refractivity contribution in [1.82, 2.24) is 0 Å². The lowest BCUT2D eigenvalue weighted by Crippen LogP contribution is -2.50. The number of aryl methyl sites for hydroxylation is 1. The van der Waals surface area contributed by atoms with Crippen LogP contribution in [0.15, 0.2) is 16.8 Å². The molecule has 2 rings (SSSR count). The Kier molecular flexibility index (Phi) is 3.67. The van der Waals surface area contributed by atoms with Crippen LogP contribution < -0.4 is 0 Å². The second kappa shape index (κ2) is 4.71. The molecule has 1 aliphatic rings. The molecule has 0 saturated carbocycles. The third-order valence-corrected chi connectivity index (χ3v) is 5.79. The summed E-state index contributed by atoms with van der Waals surface area (Å²) in [5, 5.41) is 15.1. The minimum absolute atomic E-state index is 0.0638. The first kappa shape index (κ1) is 12.5. The molecule has 90 valence electrons. The van der Waals surface area contributed by atoms with Gasteiger partial charge in [0.15, 0.2) is 0 Å². The van der Waals surface area contributed by atoms with Crippen molar-refractivity contribution in [3.8, 4) is 0 Å². The van der Waals surface area contributed by atoms with Gasteiger partial charge in [0.25, 0.3) is 0 Å². The number of hydrogen-bond donors (Lipinski definition) is 1. The molecule has 2 heterocycles. The zero-order valence-corrected chi connectivity index (χ0v) is 11.7. The molecule has 1 unspecified atom stereocenters. The van der Waals surface area contributed by atoms with Crippen molar-refractivity contribution >= 4 is 23.1 Å². The lowest BCUT2D eigenvalue weighted by Gasteiger charge is -2.46. The fraction of sp³-hybridized carbons (Fsp3) is 0.692. The van der Waals surface area contributed by atoms with E-state index in [0.29, 0.717) is 0 Å². The summed E-state index contributed by atoms with van der Waals surface area (Å²) in [7, 11) is 0. The minimum atomic E-state index is -0.488. The molecule has 3 heteroatoms. The summed E-state index contributed by atoms with van der Waals surface area (Å²) in [5.74, 6) is 2.08. The highest BCUT2D eigenvalue weighted by Crippen LogP contribution is 2.44. The highest BCUT2D eigenvalue weighted by atomic mass is 32.2. The Morgan fingerprint density at radius 3 is 2.88 bits per heavy atom. The van der Waals surface area contributed by atoms with E-state index in [0.717, 1.165) is 25.0 Å². The van der Waals surface area contributed by atoms with Crippen LogP contribution in [-0.2, 0) is 6.42 Å². The number of rotatable bonds is 3. The Hall–Kier alpha value is 0.01000. The van der Waals surface area contributed by atoms with E-state index in [1.54, 1.807) is 11.3 Å². The van der Waals surface area contributed by atoms with Gasteiger partial charge >= 0.3 is 0 Å². The molecule has 1 fully saturated rings. The van der Waals surface area contributed by atoms with Gasteiger partial charge in [0, 0.05) is 5.75 Å². The zero-order valence-electron chi connectivity index (χ0n) is 10.0. The van der Waals surface area contributed by atoms with E-state index in [1.165, 1.54) is 11.3 Å². The second-order valence-corrected chi connectivity index (χ2v) is 7.23. The van der Waals surface area contributed by atoms with E-state index in [1.807, 2.05) is 11.8 Å². The van der Waals surface area contributed by atoms with Crippen LogP contribution in [0.3, 0.4) is 0 Å². The summed E-state index contributed by atoms with van der Waals surface area (Å²) in [6.07, 6.45) is 3.02. The van der Waals surface area contributed by atoms with Gasteiger partial charge in [0.1, 0.15) is 0 Å². The third-order valence-electron chi connectivity index (χ3n) is 3.88. The van der Waals surface area contributed by atoms with E-state index in [4.69, 9.17) is 0 Å². The Morgan fingerprint density at radius 1 is 1.44 bits per heavy atom. The van der Waals surface area contributed by atoms with Crippen molar-refractivity contribution < 1.29 is 5.11 Å². The average Bonchev–Trinajstić information content (AvgIpc) is 2.73. The maximum absolute atomic E-state index is 10.8. The van der Waals surface area contributed by atoms with E-state index in [9.17, 15) is 5.11 Å². The van der Waals surface area contributed by atoms with Crippen LogP contribution in [0.25, 0.3) is 0 Å². The molecule has 0 amide bonds. The highest BCUT2D eigenvalue weighted by Gasteiger charge is 2.44. The standard InChI is InChI=1S/C13H20OS2/c1-12(2)6-8-16-10-13(12,14)5-3-11-4-7-15-9-11/h4,7,9,14H,3,5-6,8,10H2,1-2H3. The highest BCUT2D eigenvalue weighted by molar-refractivity contribution is 7.99. The van der Waals surface area contributed by atoms with E-state index in [-0.39, 0.29) is 5.41 Å². The Labute approximate surface area is 106 Å². The Morgan fingerprint density at radius 2 is 2.25 bits per heavy atom. The summed E-state index contributed by atoms with van der Waals surface area (Å²) in [6.45, 7) is 4.42. The molecule has 0 aliphatic carbocycles. The molecule has 0 bridgehead atoms. The van der Waals surface area contributed by atoms with Gasteiger partial charge in [-0.1, -0.05) is 13.8 Å². The molecule has 1 aromatic rings. The number of hydrogen-bond acceptors (Lipinski definition) is 3. The molecule has 0 spiro atoms. The van der Waals surface area contributed by atoms with E-state index >= 15 is 0 Å².